The summed E-state index contributed by atoms with van der Waals surface area (Å²) in [6.07, 6.45) is 3.22. The van der Waals surface area contributed by atoms with Crippen LogP contribution in [0, 0.1) is 11.3 Å². The van der Waals surface area contributed by atoms with Gasteiger partial charge in [0.15, 0.2) is 0 Å². The molecule has 0 aromatic heterocycles. The Bertz CT molecular complexity index is 172. The molecule has 0 aliphatic carbocycles. The second kappa shape index (κ2) is 6.66. The number of hydrogen-bond acceptors (Lipinski definition) is 2. The molecular formula is C9H16N2O. The summed E-state index contributed by atoms with van der Waals surface area (Å²) < 4.78 is 0. The lowest BCUT2D eigenvalue weighted by Gasteiger charge is -2.11. The number of nitrogens with zero attached hydrogens (tertiary/aromatic N) is 1. The summed E-state index contributed by atoms with van der Waals surface area (Å²) in [5.41, 5.74) is 0. The van der Waals surface area contributed by atoms with Crippen LogP contribution in [-0.4, -0.2) is 11.9 Å². The van der Waals surface area contributed by atoms with E-state index in [4.69, 9.17) is 5.26 Å². The maximum atomic E-state index is 10.9. The van der Waals surface area contributed by atoms with E-state index in [-0.39, 0.29) is 18.4 Å². The van der Waals surface area contributed by atoms with Gasteiger partial charge in [0.2, 0.25) is 5.91 Å². The van der Waals surface area contributed by atoms with Crippen molar-refractivity contribution in [3.63, 3.8) is 0 Å². The first-order chi connectivity index (χ1) is 5.70. The number of amides is 1. The van der Waals surface area contributed by atoms with Crippen LogP contribution in [0.1, 0.15) is 39.5 Å². The van der Waals surface area contributed by atoms with Gasteiger partial charge in [0.1, 0.15) is 6.42 Å². The van der Waals surface area contributed by atoms with Crippen molar-refractivity contribution in [2.45, 2.75) is 45.6 Å². The van der Waals surface area contributed by atoms with Crippen molar-refractivity contribution >= 4 is 5.91 Å². The van der Waals surface area contributed by atoms with Crippen molar-refractivity contribution in [1.82, 2.24) is 5.32 Å². The first kappa shape index (κ1) is 11.0. The molecule has 1 atom stereocenters. The van der Waals surface area contributed by atoms with Gasteiger partial charge in [0.25, 0.3) is 0 Å². The quantitative estimate of drug-likeness (QED) is 0.677. The van der Waals surface area contributed by atoms with Crippen LogP contribution in [0.15, 0.2) is 0 Å². The number of nitrogens with one attached hydrogen (secondary N) is 1. The fourth-order valence-corrected chi connectivity index (χ4v) is 0.980. The topological polar surface area (TPSA) is 52.9 Å². The molecule has 0 aromatic carbocycles. The van der Waals surface area contributed by atoms with Gasteiger partial charge in [-0.2, -0.15) is 5.26 Å². The summed E-state index contributed by atoms with van der Waals surface area (Å²) in [5.74, 6) is -0.166. The summed E-state index contributed by atoms with van der Waals surface area (Å²) >= 11 is 0. The molecule has 1 N–H and O–H groups in total. The molecule has 1 amide bonds. The van der Waals surface area contributed by atoms with Gasteiger partial charge in [0, 0.05) is 6.04 Å². The second-order valence-electron chi connectivity index (χ2n) is 2.95. The predicted molar refractivity (Wildman–Crippen MR) is 47.4 cm³/mol. The number of nitriles is 1. The zero-order valence-corrected chi connectivity index (χ0v) is 7.76. The van der Waals surface area contributed by atoms with Crippen molar-refractivity contribution < 1.29 is 4.79 Å². The van der Waals surface area contributed by atoms with Crippen LogP contribution < -0.4 is 5.32 Å². The van der Waals surface area contributed by atoms with Gasteiger partial charge >= 0.3 is 0 Å². The molecular weight excluding hydrogens is 152 g/mol. The molecule has 0 saturated carbocycles. The second-order valence-corrected chi connectivity index (χ2v) is 2.95. The van der Waals surface area contributed by atoms with E-state index in [0.29, 0.717) is 0 Å². The van der Waals surface area contributed by atoms with E-state index >= 15 is 0 Å². The predicted octanol–water partition coefficient (Wildman–Crippen LogP) is 1.59. The van der Waals surface area contributed by atoms with Crippen LogP contribution in [0.4, 0.5) is 0 Å². The van der Waals surface area contributed by atoms with E-state index in [0.717, 1.165) is 19.3 Å². The molecule has 12 heavy (non-hydrogen) atoms. The average molecular weight is 168 g/mol. The zero-order chi connectivity index (χ0) is 9.40. The van der Waals surface area contributed by atoms with Gasteiger partial charge in [0.05, 0.1) is 6.07 Å². The van der Waals surface area contributed by atoms with E-state index in [1.807, 2.05) is 13.0 Å². The Balaban J connectivity index is 3.48. The third-order valence-corrected chi connectivity index (χ3v) is 1.64. The van der Waals surface area contributed by atoms with Gasteiger partial charge in [-0.25, -0.2) is 0 Å². The van der Waals surface area contributed by atoms with Gasteiger partial charge < -0.3 is 5.32 Å². The average Bonchev–Trinajstić information content (AvgIpc) is 2.01. The van der Waals surface area contributed by atoms with Crippen LogP contribution in [-0.2, 0) is 4.79 Å². The lowest BCUT2D eigenvalue weighted by molar-refractivity contribution is -0.120. The van der Waals surface area contributed by atoms with Crippen LogP contribution in [0.25, 0.3) is 0 Å². The summed E-state index contributed by atoms with van der Waals surface area (Å²) in [6, 6.07) is 2.02. The third-order valence-electron chi connectivity index (χ3n) is 1.64. The minimum atomic E-state index is -0.166. The van der Waals surface area contributed by atoms with Crippen molar-refractivity contribution in [1.29, 1.82) is 5.26 Å². The first-order valence-corrected chi connectivity index (χ1v) is 4.37. The summed E-state index contributed by atoms with van der Waals surface area (Å²) in [4.78, 5) is 10.9. The van der Waals surface area contributed by atoms with Crippen LogP contribution in [0.2, 0.25) is 0 Å². The molecule has 3 nitrogen and oxygen atoms in total. The Labute approximate surface area is 73.8 Å². The number of rotatable bonds is 5. The van der Waals surface area contributed by atoms with E-state index in [1.165, 1.54) is 0 Å². The Morgan fingerprint density at radius 2 is 2.33 bits per heavy atom. The molecule has 0 saturated heterocycles. The molecule has 0 aliphatic rings. The fourth-order valence-electron chi connectivity index (χ4n) is 0.980. The maximum absolute atomic E-state index is 10.9. The number of carbonyl (C=O) groups excluding carboxylic acids is 1. The molecule has 0 rings (SSSR count). The molecule has 0 radical (unpaired) electrons. The Hall–Kier alpha value is -1.04. The smallest absolute Gasteiger partial charge is 0.234 e. The van der Waals surface area contributed by atoms with E-state index in [1.54, 1.807) is 0 Å². The molecule has 0 bridgehead atoms. The number of unbranched alkanes of at least 4 members (excludes halogenated alkanes) is 1. The molecule has 0 heterocycles. The number of hydrogen-bond donors (Lipinski definition) is 1. The molecule has 0 fully saturated rings. The van der Waals surface area contributed by atoms with Gasteiger partial charge in [-0.15, -0.1) is 0 Å². The zero-order valence-electron chi connectivity index (χ0n) is 7.76. The van der Waals surface area contributed by atoms with E-state index in [9.17, 15) is 4.79 Å². The summed E-state index contributed by atoms with van der Waals surface area (Å²) in [7, 11) is 0. The summed E-state index contributed by atoms with van der Waals surface area (Å²) in [5, 5.41) is 11.0. The summed E-state index contributed by atoms with van der Waals surface area (Å²) in [6.45, 7) is 4.08. The van der Waals surface area contributed by atoms with Crippen LogP contribution >= 0.6 is 0 Å². The van der Waals surface area contributed by atoms with Crippen LogP contribution in [0.3, 0.4) is 0 Å². The SMILES string of the molecule is CCCC[C@H](C)NC(=O)CC#N. The van der Waals surface area contributed by atoms with Gasteiger partial charge in [-0.3, -0.25) is 4.79 Å². The highest BCUT2D eigenvalue weighted by molar-refractivity contribution is 5.78. The van der Waals surface area contributed by atoms with Crippen molar-refractivity contribution in [2.24, 2.45) is 0 Å². The molecule has 0 spiro atoms. The van der Waals surface area contributed by atoms with Crippen molar-refractivity contribution in [2.75, 3.05) is 0 Å². The molecule has 0 aliphatic heterocycles. The largest absolute Gasteiger partial charge is 0.353 e. The van der Waals surface area contributed by atoms with Crippen LogP contribution in [0.5, 0.6) is 0 Å². The molecule has 3 heteroatoms. The highest BCUT2D eigenvalue weighted by Gasteiger charge is 2.04. The normalized spacial score (nSPS) is 11.8. The van der Waals surface area contributed by atoms with E-state index < -0.39 is 0 Å². The minimum absolute atomic E-state index is 0.0313. The molecule has 0 aromatic rings. The first-order valence-electron chi connectivity index (χ1n) is 4.37. The third kappa shape index (κ3) is 5.72. The minimum Gasteiger partial charge on any atom is -0.353 e. The van der Waals surface area contributed by atoms with Gasteiger partial charge in [-0.1, -0.05) is 19.8 Å². The highest BCUT2D eigenvalue weighted by Crippen LogP contribution is 1.99. The standard InChI is InChI=1S/C9H16N2O/c1-3-4-5-8(2)11-9(12)6-7-10/h8H,3-6H2,1-2H3,(H,11,12)/t8-/m0/s1. The van der Waals surface area contributed by atoms with Crippen molar-refractivity contribution in [3.8, 4) is 6.07 Å². The Kier molecular flexibility index (Phi) is 6.08. The lowest BCUT2D eigenvalue weighted by Crippen LogP contribution is -2.31. The number of carbonyl (C=O) groups is 1. The Morgan fingerprint density at radius 1 is 1.67 bits per heavy atom. The molecule has 68 valence electrons. The Morgan fingerprint density at radius 3 is 2.83 bits per heavy atom. The van der Waals surface area contributed by atoms with E-state index in [2.05, 4.69) is 12.2 Å². The lowest BCUT2D eigenvalue weighted by atomic mass is 10.1. The monoisotopic (exact) mass is 168 g/mol. The van der Waals surface area contributed by atoms with Gasteiger partial charge in [-0.05, 0) is 13.3 Å². The highest BCUT2D eigenvalue weighted by atomic mass is 16.1. The molecule has 0 unspecified atom stereocenters. The fraction of sp³-hybridized carbons (Fsp3) is 0.778. The maximum Gasteiger partial charge on any atom is 0.234 e. The van der Waals surface area contributed by atoms with Crippen molar-refractivity contribution in [3.05, 3.63) is 0 Å².